The number of nitrogens with zero attached hydrogens (tertiary/aromatic N) is 2. The van der Waals surface area contributed by atoms with E-state index in [2.05, 4.69) is 41.0 Å². The third-order valence-electron chi connectivity index (χ3n) is 5.19. The van der Waals surface area contributed by atoms with Gasteiger partial charge in [0.2, 0.25) is 0 Å². The summed E-state index contributed by atoms with van der Waals surface area (Å²) >= 11 is 0. The zero-order valence-corrected chi connectivity index (χ0v) is 14.5. The van der Waals surface area contributed by atoms with Gasteiger partial charge in [-0.2, -0.15) is 0 Å². The van der Waals surface area contributed by atoms with Gasteiger partial charge in [-0.05, 0) is 43.4 Å². The first-order chi connectivity index (χ1) is 11.3. The molecule has 3 aliphatic heterocycles. The Morgan fingerprint density at radius 3 is 2.65 bits per heavy atom. The molecule has 4 nitrogen and oxygen atoms in total. The Morgan fingerprint density at radius 2 is 1.91 bits per heavy atom. The summed E-state index contributed by atoms with van der Waals surface area (Å²) < 4.78 is 10.8. The molecule has 3 aliphatic rings. The van der Waals surface area contributed by atoms with Crippen LogP contribution in [0.25, 0.3) is 0 Å². The minimum atomic E-state index is 0.701. The van der Waals surface area contributed by atoms with Gasteiger partial charge in [-0.15, -0.1) is 0 Å². The highest BCUT2D eigenvalue weighted by Crippen LogP contribution is 2.28. The Morgan fingerprint density at radius 1 is 1.09 bits per heavy atom. The van der Waals surface area contributed by atoms with Crippen molar-refractivity contribution in [1.82, 2.24) is 9.80 Å². The fourth-order valence-corrected chi connectivity index (χ4v) is 3.99. The molecule has 0 saturated carbocycles. The second-order valence-corrected chi connectivity index (χ2v) is 6.83. The molecule has 1 aromatic rings. The highest BCUT2D eigenvalue weighted by Gasteiger charge is 2.34. The van der Waals surface area contributed by atoms with Crippen LogP contribution in [0.15, 0.2) is 24.3 Å². The van der Waals surface area contributed by atoms with Crippen molar-refractivity contribution < 1.29 is 9.47 Å². The van der Waals surface area contributed by atoms with E-state index in [-0.39, 0.29) is 0 Å². The maximum atomic E-state index is 5.56. The van der Waals surface area contributed by atoms with Crippen LogP contribution in [0.3, 0.4) is 0 Å². The first-order valence-electron chi connectivity index (χ1n) is 8.95. The van der Waals surface area contributed by atoms with E-state index in [0.717, 1.165) is 38.0 Å². The monoisotopic (exact) mass is 318 g/mol. The van der Waals surface area contributed by atoms with E-state index in [9.17, 15) is 0 Å². The fraction of sp³-hybridized carbons (Fsp3) is 0.684. The van der Waals surface area contributed by atoms with Crippen LogP contribution in [0.5, 0.6) is 5.75 Å². The molecule has 0 aromatic heterocycles. The number of rotatable bonds is 7. The molecule has 23 heavy (non-hydrogen) atoms. The molecule has 2 bridgehead atoms. The van der Waals surface area contributed by atoms with Gasteiger partial charge in [-0.25, -0.2) is 0 Å². The molecule has 0 amide bonds. The lowest BCUT2D eigenvalue weighted by atomic mass is 9.95. The van der Waals surface area contributed by atoms with Crippen molar-refractivity contribution in [2.75, 3.05) is 46.5 Å². The van der Waals surface area contributed by atoms with Crippen LogP contribution < -0.4 is 4.74 Å². The highest BCUT2D eigenvalue weighted by molar-refractivity contribution is 5.27. The van der Waals surface area contributed by atoms with Crippen molar-refractivity contribution in [3.05, 3.63) is 29.8 Å². The maximum absolute atomic E-state index is 5.56. The van der Waals surface area contributed by atoms with Gasteiger partial charge in [0.25, 0.3) is 0 Å². The van der Waals surface area contributed by atoms with Crippen molar-refractivity contribution in [3.8, 4) is 5.75 Å². The number of piperidine rings is 1. The van der Waals surface area contributed by atoms with Gasteiger partial charge in [-0.3, -0.25) is 9.80 Å². The number of fused-ring (bicyclic) bond motifs is 4. The number of methoxy groups -OCH3 is 1. The average molecular weight is 318 g/mol. The topological polar surface area (TPSA) is 24.9 Å². The molecule has 3 fully saturated rings. The molecule has 3 heterocycles. The molecular formula is C19H30N2O2. The fourth-order valence-electron chi connectivity index (χ4n) is 3.99. The molecule has 0 aliphatic carbocycles. The number of hydrogen-bond donors (Lipinski definition) is 0. The van der Waals surface area contributed by atoms with Crippen LogP contribution in [0.1, 0.15) is 25.3 Å². The van der Waals surface area contributed by atoms with Gasteiger partial charge in [0.05, 0.1) is 13.7 Å². The second kappa shape index (κ2) is 8.13. The minimum Gasteiger partial charge on any atom is -0.497 e. The van der Waals surface area contributed by atoms with Crippen molar-refractivity contribution >= 4 is 0 Å². The number of benzene rings is 1. The van der Waals surface area contributed by atoms with Crippen molar-refractivity contribution in [3.63, 3.8) is 0 Å². The second-order valence-electron chi connectivity index (χ2n) is 6.83. The van der Waals surface area contributed by atoms with Gasteiger partial charge in [0.15, 0.2) is 0 Å². The van der Waals surface area contributed by atoms with Crippen LogP contribution in [0.4, 0.5) is 0 Å². The molecular weight excluding hydrogens is 288 g/mol. The standard InChI is InChI=1S/C19H30N2O2/c1-3-23-11-10-21-14-17-4-7-18(21)15-20(13-17)12-16-5-8-19(22-2)9-6-16/h5-6,8-9,17-18H,3-4,7,10-15H2,1-2H3/t17-,18+/m1/s1. The predicted octanol–water partition coefficient (Wildman–Crippen LogP) is 2.63. The van der Waals surface area contributed by atoms with Crippen LogP contribution >= 0.6 is 0 Å². The average Bonchev–Trinajstić information content (AvgIpc) is 2.86. The summed E-state index contributed by atoms with van der Waals surface area (Å²) in [5.74, 6) is 1.75. The van der Waals surface area contributed by atoms with E-state index < -0.39 is 0 Å². The lowest BCUT2D eigenvalue weighted by molar-refractivity contribution is 0.0705. The smallest absolute Gasteiger partial charge is 0.118 e. The van der Waals surface area contributed by atoms with Crippen molar-refractivity contribution in [1.29, 1.82) is 0 Å². The zero-order chi connectivity index (χ0) is 16.1. The Labute approximate surface area is 140 Å². The minimum absolute atomic E-state index is 0.701. The van der Waals surface area contributed by atoms with Crippen LogP contribution in [-0.4, -0.2) is 62.3 Å². The number of ether oxygens (including phenoxy) is 2. The van der Waals surface area contributed by atoms with E-state index in [1.807, 2.05) is 0 Å². The Kier molecular flexibility index (Phi) is 5.92. The van der Waals surface area contributed by atoms with E-state index in [1.165, 1.54) is 38.0 Å². The van der Waals surface area contributed by atoms with Crippen molar-refractivity contribution in [2.24, 2.45) is 5.92 Å². The van der Waals surface area contributed by atoms with Crippen LogP contribution in [0.2, 0.25) is 0 Å². The summed E-state index contributed by atoms with van der Waals surface area (Å²) in [6, 6.07) is 9.22. The summed E-state index contributed by atoms with van der Waals surface area (Å²) in [5, 5.41) is 0. The van der Waals surface area contributed by atoms with Crippen LogP contribution in [-0.2, 0) is 11.3 Å². The molecule has 2 atom stereocenters. The first-order valence-corrected chi connectivity index (χ1v) is 8.95. The molecule has 0 radical (unpaired) electrons. The summed E-state index contributed by atoms with van der Waals surface area (Å²) in [5.41, 5.74) is 1.38. The van der Waals surface area contributed by atoms with Gasteiger partial charge in [-0.1, -0.05) is 12.1 Å². The SMILES string of the molecule is CCOCCN1C[C@@H]2CC[C@H]1CN(Cc1ccc(OC)cc1)C2. The highest BCUT2D eigenvalue weighted by atomic mass is 16.5. The van der Waals surface area contributed by atoms with Gasteiger partial charge in [0.1, 0.15) is 5.75 Å². The number of hydrogen-bond acceptors (Lipinski definition) is 4. The lowest BCUT2D eigenvalue weighted by Crippen LogP contribution is -2.45. The third kappa shape index (κ3) is 4.46. The summed E-state index contributed by atoms with van der Waals surface area (Å²) in [7, 11) is 1.72. The molecule has 1 aromatic carbocycles. The van der Waals surface area contributed by atoms with E-state index >= 15 is 0 Å². The Bertz CT molecular complexity index is 477. The largest absolute Gasteiger partial charge is 0.497 e. The van der Waals surface area contributed by atoms with Gasteiger partial charge < -0.3 is 9.47 Å². The normalized spacial score (nSPS) is 25.5. The Hall–Kier alpha value is -1.10. The molecule has 128 valence electrons. The lowest BCUT2D eigenvalue weighted by Gasteiger charge is -2.36. The molecule has 4 rings (SSSR count). The molecule has 3 saturated heterocycles. The maximum Gasteiger partial charge on any atom is 0.118 e. The van der Waals surface area contributed by atoms with E-state index in [0.29, 0.717) is 6.04 Å². The molecule has 0 N–H and O–H groups in total. The van der Waals surface area contributed by atoms with Gasteiger partial charge in [0, 0.05) is 45.4 Å². The summed E-state index contributed by atoms with van der Waals surface area (Å²) in [6.07, 6.45) is 2.73. The predicted molar refractivity (Wildman–Crippen MR) is 92.8 cm³/mol. The van der Waals surface area contributed by atoms with E-state index in [4.69, 9.17) is 9.47 Å². The quantitative estimate of drug-likeness (QED) is 0.722. The summed E-state index contributed by atoms with van der Waals surface area (Å²) in [6.45, 7) is 9.58. The molecule has 4 heteroatoms. The van der Waals surface area contributed by atoms with Crippen LogP contribution in [0, 0.1) is 5.92 Å². The molecule has 0 unspecified atom stereocenters. The molecule has 0 spiro atoms. The first kappa shape index (κ1) is 16.7. The van der Waals surface area contributed by atoms with E-state index in [1.54, 1.807) is 7.11 Å². The third-order valence-corrected chi connectivity index (χ3v) is 5.19. The summed E-state index contributed by atoms with van der Waals surface area (Å²) in [4.78, 5) is 5.31. The van der Waals surface area contributed by atoms with Crippen molar-refractivity contribution in [2.45, 2.75) is 32.4 Å². The zero-order valence-electron chi connectivity index (χ0n) is 14.5. The Balaban J connectivity index is 1.57. The van der Waals surface area contributed by atoms with Gasteiger partial charge >= 0.3 is 0 Å².